The van der Waals surface area contributed by atoms with Gasteiger partial charge >= 0.3 is 7.82 Å². The Labute approximate surface area is 159 Å². The lowest BCUT2D eigenvalue weighted by atomic mass is 9.85. The number of likely N-dealkylation sites (N-methyl/N-ethyl adjacent to an activating group) is 1. The minimum atomic E-state index is -4.35. The van der Waals surface area contributed by atoms with E-state index in [1.165, 1.54) is 0 Å². The molecule has 0 aliphatic heterocycles. The van der Waals surface area contributed by atoms with Crippen LogP contribution >= 0.6 is 7.82 Å². The summed E-state index contributed by atoms with van der Waals surface area (Å²) in [6.07, 6.45) is 4.92. The van der Waals surface area contributed by atoms with Gasteiger partial charge in [0.2, 0.25) is 0 Å². The van der Waals surface area contributed by atoms with E-state index in [2.05, 4.69) is 13.8 Å². The molecule has 1 unspecified atom stereocenters. The first-order valence-corrected chi connectivity index (χ1v) is 11.3. The number of unbranched alkanes of at least 4 members (excludes halogenated alkanes) is 4. The summed E-state index contributed by atoms with van der Waals surface area (Å²) < 4.78 is 23.8. The number of hydrogen-bond acceptors (Lipinski definition) is 5. The highest BCUT2D eigenvalue weighted by molar-refractivity contribution is 7.47. The maximum Gasteiger partial charge on any atom is 0.473 e. The fourth-order valence-electron chi connectivity index (χ4n) is 2.81. The molecule has 7 nitrogen and oxygen atoms in total. The van der Waals surface area contributed by atoms with Crippen LogP contribution < -0.4 is 0 Å². The number of quaternary nitrogens is 1. The lowest BCUT2D eigenvalue weighted by Gasteiger charge is -2.38. The van der Waals surface area contributed by atoms with E-state index in [0.29, 0.717) is 23.9 Å². The average Bonchev–Trinajstić information content (AvgIpc) is 2.52. The maximum atomic E-state index is 12.5. The molecule has 2 atom stereocenters. The minimum absolute atomic E-state index is 0.0759. The summed E-state index contributed by atoms with van der Waals surface area (Å²) in [7, 11) is 1.53. The normalized spacial score (nSPS) is 16.5. The van der Waals surface area contributed by atoms with Gasteiger partial charge in [0.05, 0.1) is 27.7 Å². The van der Waals surface area contributed by atoms with Crippen molar-refractivity contribution in [2.75, 3.05) is 40.9 Å². The van der Waals surface area contributed by atoms with E-state index >= 15 is 0 Å². The Balaban J connectivity index is 5.20. The van der Waals surface area contributed by atoms with Crippen molar-refractivity contribution in [3.63, 3.8) is 0 Å². The topological polar surface area (TPSA) is 96.2 Å². The lowest BCUT2D eigenvalue weighted by molar-refractivity contribution is -0.870. The van der Waals surface area contributed by atoms with Crippen LogP contribution in [0, 0.1) is 0 Å². The van der Waals surface area contributed by atoms with E-state index in [4.69, 9.17) is 9.05 Å². The number of phosphoric ester groups is 1. The molecule has 0 aromatic carbocycles. The molecular weight excluding hydrogens is 357 g/mol. The van der Waals surface area contributed by atoms with Crippen molar-refractivity contribution >= 4 is 7.82 Å². The molecule has 0 spiro atoms. The molecule has 0 aliphatic carbocycles. The first-order chi connectivity index (χ1) is 12.0. The van der Waals surface area contributed by atoms with Gasteiger partial charge in [0, 0.05) is 0 Å². The van der Waals surface area contributed by atoms with Crippen LogP contribution in [0.15, 0.2) is 0 Å². The van der Waals surface area contributed by atoms with Gasteiger partial charge in [-0.15, -0.1) is 0 Å². The third-order valence-electron chi connectivity index (χ3n) is 4.50. The van der Waals surface area contributed by atoms with Gasteiger partial charge in [-0.2, -0.15) is 0 Å². The quantitative estimate of drug-likeness (QED) is 0.210. The molecule has 0 saturated carbocycles. The molecule has 0 aromatic rings. The second kappa shape index (κ2) is 12.4. The largest absolute Gasteiger partial charge is 0.473 e. The van der Waals surface area contributed by atoms with Crippen molar-refractivity contribution in [2.45, 2.75) is 76.9 Å². The second-order valence-corrected chi connectivity index (χ2v) is 9.46. The third kappa shape index (κ3) is 11.0. The Kier molecular flexibility index (Phi) is 12.4. The smallest absolute Gasteiger partial charge is 0.394 e. The molecule has 0 saturated heterocycles. The predicted molar refractivity (Wildman–Crippen MR) is 104 cm³/mol. The van der Waals surface area contributed by atoms with Crippen LogP contribution in [0.25, 0.3) is 0 Å². The van der Waals surface area contributed by atoms with E-state index in [9.17, 15) is 19.7 Å². The molecule has 8 heteroatoms. The van der Waals surface area contributed by atoms with Crippen LogP contribution in [0.1, 0.15) is 65.2 Å². The van der Waals surface area contributed by atoms with Crippen molar-refractivity contribution in [1.29, 1.82) is 0 Å². The summed E-state index contributed by atoms with van der Waals surface area (Å²) in [6.45, 7) is 4.23. The Morgan fingerprint density at radius 2 is 1.54 bits per heavy atom. The van der Waals surface area contributed by atoms with E-state index in [0.717, 1.165) is 38.5 Å². The van der Waals surface area contributed by atoms with E-state index in [1.807, 2.05) is 21.1 Å². The molecule has 26 heavy (non-hydrogen) atoms. The van der Waals surface area contributed by atoms with Crippen molar-refractivity contribution < 1.29 is 33.2 Å². The molecular formula is C18H41NO6P+. The Morgan fingerprint density at radius 3 is 1.92 bits per heavy atom. The Bertz CT molecular complexity index is 403. The molecule has 0 aliphatic rings. The molecule has 0 rings (SSSR count). The molecule has 0 amide bonds. The predicted octanol–water partition coefficient (Wildman–Crippen LogP) is 3.08. The molecule has 3 N–H and O–H groups in total. The summed E-state index contributed by atoms with van der Waals surface area (Å²) in [4.78, 5) is 10.2. The average molecular weight is 399 g/mol. The monoisotopic (exact) mass is 398 g/mol. The molecule has 0 aromatic heterocycles. The van der Waals surface area contributed by atoms with Crippen molar-refractivity contribution in [1.82, 2.24) is 0 Å². The fourth-order valence-corrected chi connectivity index (χ4v) is 3.94. The summed E-state index contributed by atoms with van der Waals surface area (Å²) in [5, 5.41) is 19.9. The van der Waals surface area contributed by atoms with Crippen LogP contribution in [0.5, 0.6) is 0 Å². The minimum Gasteiger partial charge on any atom is -0.394 e. The highest BCUT2D eigenvalue weighted by atomic mass is 31.2. The van der Waals surface area contributed by atoms with E-state index < -0.39 is 26.1 Å². The first-order valence-electron chi connectivity index (χ1n) is 9.79. The van der Waals surface area contributed by atoms with E-state index in [-0.39, 0.29) is 6.61 Å². The van der Waals surface area contributed by atoms with Crippen molar-refractivity contribution in [2.24, 2.45) is 0 Å². The standard InChI is InChI=1S/C18H40NO6P/c1-6-8-10-12-18(17(21)16-20,13-11-9-7-2)25-26(22,23)24-15-14-19(3,4)5/h17,20-21H,6-16H2,1-5H3/p+1/t17-/m0/s1. The van der Waals surface area contributed by atoms with Crippen LogP contribution in [-0.4, -0.2) is 72.2 Å². The Hall–Kier alpha value is -0.0100. The molecule has 158 valence electrons. The highest BCUT2D eigenvalue weighted by Gasteiger charge is 2.44. The SMILES string of the molecule is CCCCCC(CCCCC)(OP(=O)(O)OCC[N+](C)(C)C)[C@@H](O)CO. The van der Waals surface area contributed by atoms with Crippen molar-refractivity contribution in [3.05, 3.63) is 0 Å². The maximum absolute atomic E-state index is 12.5. The van der Waals surface area contributed by atoms with Gasteiger partial charge in [-0.3, -0.25) is 9.05 Å². The van der Waals surface area contributed by atoms with Gasteiger partial charge in [0.1, 0.15) is 24.9 Å². The highest BCUT2D eigenvalue weighted by Crippen LogP contribution is 2.51. The summed E-state index contributed by atoms with van der Waals surface area (Å²) >= 11 is 0. The molecule has 0 heterocycles. The number of aliphatic hydroxyl groups is 2. The van der Waals surface area contributed by atoms with Crippen LogP contribution in [0.4, 0.5) is 0 Å². The van der Waals surface area contributed by atoms with Crippen LogP contribution in [0.2, 0.25) is 0 Å². The Morgan fingerprint density at radius 1 is 1.04 bits per heavy atom. The van der Waals surface area contributed by atoms with Crippen LogP contribution in [-0.2, 0) is 13.6 Å². The summed E-state index contributed by atoms with van der Waals surface area (Å²) in [5.74, 6) is 0. The van der Waals surface area contributed by atoms with Gasteiger partial charge < -0.3 is 19.6 Å². The van der Waals surface area contributed by atoms with Gasteiger partial charge in [-0.05, 0) is 12.8 Å². The number of aliphatic hydroxyl groups excluding tert-OH is 2. The second-order valence-electron chi connectivity index (χ2n) is 8.08. The lowest BCUT2D eigenvalue weighted by Crippen LogP contribution is -2.46. The third-order valence-corrected chi connectivity index (χ3v) is 5.60. The van der Waals surface area contributed by atoms with Gasteiger partial charge in [0.15, 0.2) is 0 Å². The zero-order valence-corrected chi connectivity index (χ0v) is 18.2. The summed E-state index contributed by atoms with van der Waals surface area (Å²) in [6, 6.07) is 0. The zero-order valence-electron chi connectivity index (χ0n) is 17.3. The number of rotatable bonds is 16. The summed E-state index contributed by atoms with van der Waals surface area (Å²) in [5.41, 5.74) is -1.26. The van der Waals surface area contributed by atoms with Gasteiger partial charge in [-0.25, -0.2) is 4.57 Å². The molecule has 0 radical (unpaired) electrons. The van der Waals surface area contributed by atoms with E-state index in [1.54, 1.807) is 0 Å². The van der Waals surface area contributed by atoms with Gasteiger partial charge in [-0.1, -0.05) is 52.4 Å². The van der Waals surface area contributed by atoms with Crippen molar-refractivity contribution in [3.8, 4) is 0 Å². The number of nitrogens with zero attached hydrogens (tertiary/aromatic N) is 1. The number of hydrogen-bond donors (Lipinski definition) is 3. The number of phosphoric acid groups is 1. The molecule has 0 bridgehead atoms. The van der Waals surface area contributed by atoms with Gasteiger partial charge in [0.25, 0.3) is 0 Å². The fraction of sp³-hybridized carbons (Fsp3) is 1.00. The van der Waals surface area contributed by atoms with Crippen LogP contribution in [0.3, 0.4) is 0 Å². The first kappa shape index (κ1) is 26.0. The zero-order chi connectivity index (χ0) is 20.3. The molecule has 0 fully saturated rings.